The van der Waals surface area contributed by atoms with E-state index in [1.54, 1.807) is 24.2 Å². The van der Waals surface area contributed by atoms with Gasteiger partial charge in [0.05, 0.1) is 24.7 Å². The van der Waals surface area contributed by atoms with Crippen molar-refractivity contribution in [3.8, 4) is 17.6 Å². The maximum atomic E-state index is 12.8. The minimum Gasteiger partial charge on any atom is -0.496 e. The van der Waals surface area contributed by atoms with Crippen molar-refractivity contribution in [1.82, 2.24) is 20.3 Å². The Morgan fingerprint density at radius 3 is 2.84 bits per heavy atom. The number of methoxy groups -OCH3 is 1. The number of anilines is 1. The number of nitrogens with zero attached hydrogens (tertiary/aromatic N) is 4. The van der Waals surface area contributed by atoms with Gasteiger partial charge < -0.3 is 24.0 Å². The van der Waals surface area contributed by atoms with Gasteiger partial charge in [-0.3, -0.25) is 9.48 Å². The van der Waals surface area contributed by atoms with E-state index in [1.165, 1.54) is 11.9 Å². The van der Waals surface area contributed by atoms with Gasteiger partial charge in [-0.25, -0.2) is 4.39 Å². The van der Waals surface area contributed by atoms with E-state index >= 15 is 0 Å². The molecule has 0 aliphatic heterocycles. The van der Waals surface area contributed by atoms with Gasteiger partial charge in [-0.2, -0.15) is 10.4 Å². The van der Waals surface area contributed by atoms with Crippen LogP contribution in [0.4, 0.5) is 10.2 Å². The molecule has 38 heavy (non-hydrogen) atoms. The SMILES string of the molecule is C=C(F)C(=O)NCc1cnn(Cc2cc(OC)c3c(NSc4cc(CC)ccc4OCC#N)noc3c2)c1. The van der Waals surface area contributed by atoms with E-state index < -0.39 is 11.7 Å². The summed E-state index contributed by atoms with van der Waals surface area (Å²) in [5.74, 6) is -0.264. The maximum absolute atomic E-state index is 12.8. The van der Waals surface area contributed by atoms with Crippen LogP contribution in [0.2, 0.25) is 0 Å². The van der Waals surface area contributed by atoms with E-state index in [2.05, 4.69) is 33.8 Å². The predicted molar refractivity (Wildman–Crippen MR) is 140 cm³/mol. The number of fused-ring (bicyclic) bond motifs is 1. The van der Waals surface area contributed by atoms with Crippen LogP contribution < -0.4 is 19.5 Å². The molecule has 0 aliphatic rings. The fourth-order valence-corrected chi connectivity index (χ4v) is 4.43. The summed E-state index contributed by atoms with van der Waals surface area (Å²) in [6.07, 6.45) is 4.19. The van der Waals surface area contributed by atoms with Crippen LogP contribution in [-0.2, 0) is 24.3 Å². The first-order valence-corrected chi connectivity index (χ1v) is 12.4. The first-order valence-electron chi connectivity index (χ1n) is 11.6. The van der Waals surface area contributed by atoms with E-state index in [4.69, 9.17) is 19.3 Å². The molecule has 196 valence electrons. The highest BCUT2D eigenvalue weighted by Crippen LogP contribution is 2.37. The van der Waals surface area contributed by atoms with E-state index in [0.717, 1.165) is 22.4 Å². The molecule has 1 amide bonds. The zero-order valence-electron chi connectivity index (χ0n) is 20.8. The van der Waals surface area contributed by atoms with Crippen molar-refractivity contribution in [3.05, 3.63) is 71.8 Å². The van der Waals surface area contributed by atoms with Crippen LogP contribution in [-0.4, -0.2) is 34.6 Å². The standard InChI is InChI=1S/C26H25FN6O4S/c1-4-17-5-6-20(36-8-7-28)23(11-17)38-32-25-24-21(35-3)9-18(10-22(24)37-31-25)14-33-15-19(13-30-33)12-29-26(34)16(2)27/h5-6,9-11,13,15H,2,4,8,12,14H2,1,3H3,(H,29,34)(H,31,32). The number of amides is 1. The number of ether oxygens (including phenoxy) is 2. The molecule has 4 rings (SSSR count). The lowest BCUT2D eigenvalue weighted by molar-refractivity contribution is -0.119. The number of rotatable bonds is 12. The molecule has 2 heterocycles. The zero-order valence-corrected chi connectivity index (χ0v) is 21.6. The Hall–Kier alpha value is -4.50. The third-order valence-electron chi connectivity index (χ3n) is 5.51. The van der Waals surface area contributed by atoms with Gasteiger partial charge in [0.15, 0.2) is 23.8 Å². The Labute approximate surface area is 222 Å². The van der Waals surface area contributed by atoms with Crippen LogP contribution in [0.25, 0.3) is 11.0 Å². The molecule has 0 saturated heterocycles. The molecule has 2 aromatic carbocycles. The van der Waals surface area contributed by atoms with Crippen LogP contribution in [0.15, 0.2) is 64.5 Å². The molecule has 0 saturated carbocycles. The Kier molecular flexibility index (Phi) is 8.50. The average molecular weight is 537 g/mol. The van der Waals surface area contributed by atoms with Gasteiger partial charge in [0.2, 0.25) is 0 Å². The number of aromatic nitrogens is 3. The lowest BCUT2D eigenvalue weighted by Crippen LogP contribution is -2.22. The second-order valence-corrected chi connectivity index (χ2v) is 8.97. The first-order chi connectivity index (χ1) is 18.4. The fraction of sp³-hybridized carbons (Fsp3) is 0.231. The highest BCUT2D eigenvalue weighted by atomic mass is 32.2. The van der Waals surface area contributed by atoms with Crippen molar-refractivity contribution < 1.29 is 23.2 Å². The Balaban J connectivity index is 1.50. The van der Waals surface area contributed by atoms with Crippen LogP contribution in [0, 0.1) is 11.3 Å². The molecule has 0 radical (unpaired) electrons. The van der Waals surface area contributed by atoms with Gasteiger partial charge in [-0.1, -0.05) is 24.7 Å². The van der Waals surface area contributed by atoms with Crippen LogP contribution >= 0.6 is 11.9 Å². The summed E-state index contributed by atoms with van der Waals surface area (Å²) in [4.78, 5) is 12.2. The quantitative estimate of drug-likeness (QED) is 0.194. The van der Waals surface area contributed by atoms with Crippen molar-refractivity contribution in [3.63, 3.8) is 0 Å². The number of aryl methyl sites for hydroxylation is 1. The molecule has 0 aliphatic carbocycles. The molecule has 2 aromatic heterocycles. The van der Waals surface area contributed by atoms with E-state index in [0.29, 0.717) is 40.4 Å². The summed E-state index contributed by atoms with van der Waals surface area (Å²) in [5, 5.41) is 20.5. The summed E-state index contributed by atoms with van der Waals surface area (Å²) in [6.45, 7) is 5.51. The van der Waals surface area contributed by atoms with E-state index in [9.17, 15) is 9.18 Å². The Morgan fingerprint density at radius 1 is 1.26 bits per heavy atom. The van der Waals surface area contributed by atoms with Gasteiger partial charge in [0.25, 0.3) is 5.91 Å². The summed E-state index contributed by atoms with van der Waals surface area (Å²) in [5.41, 5.74) is 3.21. The van der Waals surface area contributed by atoms with Crippen molar-refractivity contribution in [2.24, 2.45) is 0 Å². The molecule has 0 unspecified atom stereocenters. The van der Waals surface area contributed by atoms with E-state index in [-0.39, 0.29) is 13.2 Å². The molecule has 0 spiro atoms. The van der Waals surface area contributed by atoms with Crippen molar-refractivity contribution in [1.29, 1.82) is 5.26 Å². The largest absolute Gasteiger partial charge is 0.496 e. The molecule has 0 bridgehead atoms. The highest BCUT2D eigenvalue weighted by Gasteiger charge is 2.17. The summed E-state index contributed by atoms with van der Waals surface area (Å²) >= 11 is 1.30. The van der Waals surface area contributed by atoms with Crippen LogP contribution in [0.3, 0.4) is 0 Å². The number of hydrogen-bond acceptors (Lipinski definition) is 9. The zero-order chi connectivity index (χ0) is 27.1. The lowest BCUT2D eigenvalue weighted by Gasteiger charge is -2.11. The summed E-state index contributed by atoms with van der Waals surface area (Å²) < 4.78 is 34.5. The second-order valence-electron chi connectivity index (χ2n) is 8.12. The minimum atomic E-state index is -1.04. The average Bonchev–Trinajstić information content (AvgIpc) is 3.55. The maximum Gasteiger partial charge on any atom is 0.279 e. The van der Waals surface area contributed by atoms with Gasteiger partial charge >= 0.3 is 0 Å². The third-order valence-corrected chi connectivity index (χ3v) is 6.35. The molecule has 2 N–H and O–H groups in total. The Bertz CT molecular complexity index is 1510. The summed E-state index contributed by atoms with van der Waals surface area (Å²) in [7, 11) is 1.56. The number of halogens is 1. The topological polar surface area (TPSA) is 127 Å². The highest BCUT2D eigenvalue weighted by molar-refractivity contribution is 8.00. The molecular formula is C26H25FN6O4S. The van der Waals surface area contributed by atoms with Crippen molar-refractivity contribution in [2.75, 3.05) is 18.4 Å². The molecule has 10 nitrogen and oxygen atoms in total. The number of carbonyl (C=O) groups excluding carboxylic acids is 1. The van der Waals surface area contributed by atoms with Crippen molar-refractivity contribution >= 4 is 34.6 Å². The lowest BCUT2D eigenvalue weighted by atomic mass is 10.1. The monoisotopic (exact) mass is 536 g/mol. The predicted octanol–water partition coefficient (Wildman–Crippen LogP) is 4.76. The smallest absolute Gasteiger partial charge is 0.279 e. The normalized spacial score (nSPS) is 10.7. The number of nitriles is 1. The molecular weight excluding hydrogens is 511 g/mol. The van der Waals surface area contributed by atoms with Gasteiger partial charge in [-0.05, 0) is 53.8 Å². The van der Waals surface area contributed by atoms with Gasteiger partial charge in [0.1, 0.15) is 23.0 Å². The third kappa shape index (κ3) is 6.24. The fourth-order valence-electron chi connectivity index (χ4n) is 3.65. The second kappa shape index (κ2) is 12.2. The van der Waals surface area contributed by atoms with Crippen LogP contribution in [0.5, 0.6) is 11.5 Å². The number of benzene rings is 2. The van der Waals surface area contributed by atoms with Crippen molar-refractivity contribution in [2.45, 2.75) is 31.3 Å². The summed E-state index contributed by atoms with van der Waals surface area (Å²) in [6, 6.07) is 11.5. The molecule has 0 fully saturated rings. The number of nitrogens with one attached hydrogen (secondary N) is 2. The first kappa shape index (κ1) is 26.6. The molecule has 12 heteroatoms. The minimum absolute atomic E-state index is 0.0533. The van der Waals surface area contributed by atoms with Gasteiger partial charge in [0, 0.05) is 18.3 Å². The van der Waals surface area contributed by atoms with E-state index in [1.807, 2.05) is 36.4 Å². The molecule has 0 atom stereocenters. The number of carbonyl (C=O) groups is 1. The number of hydrogen-bond donors (Lipinski definition) is 2. The van der Waals surface area contributed by atoms with Gasteiger partial charge in [-0.15, -0.1) is 0 Å². The van der Waals surface area contributed by atoms with Crippen LogP contribution in [0.1, 0.15) is 23.6 Å². The molecule has 4 aromatic rings. The Morgan fingerprint density at radius 2 is 2.11 bits per heavy atom.